The van der Waals surface area contributed by atoms with Crippen molar-refractivity contribution < 1.29 is 4.79 Å². The van der Waals surface area contributed by atoms with Crippen LogP contribution in [0.2, 0.25) is 10.2 Å². The maximum Gasteiger partial charge on any atom is 0.256 e. The third-order valence-corrected chi connectivity index (χ3v) is 5.24. The summed E-state index contributed by atoms with van der Waals surface area (Å²) in [5, 5.41) is 1.13. The number of aromatic nitrogens is 3. The molecule has 130 valence electrons. The van der Waals surface area contributed by atoms with Crippen LogP contribution in [0.15, 0.2) is 35.3 Å². The molecule has 1 aromatic carbocycles. The summed E-state index contributed by atoms with van der Waals surface area (Å²) in [6, 6.07) is 9.01. The Hall–Kier alpha value is -1.76. The molecule has 0 radical (unpaired) electrons. The summed E-state index contributed by atoms with van der Waals surface area (Å²) in [5.41, 5.74) is 1.64. The summed E-state index contributed by atoms with van der Waals surface area (Å²) in [6.07, 6.45) is 0. The van der Waals surface area contributed by atoms with Gasteiger partial charge in [0.05, 0.1) is 5.92 Å². The molecule has 0 aliphatic heterocycles. The van der Waals surface area contributed by atoms with Crippen LogP contribution < -0.4 is 4.80 Å². The second-order valence-corrected chi connectivity index (χ2v) is 7.76. The number of hydrogen-bond acceptors (Lipinski definition) is 4. The number of benzene rings is 1. The predicted molar refractivity (Wildman–Crippen MR) is 100 cm³/mol. The first-order valence-electron chi connectivity index (χ1n) is 7.72. The van der Waals surface area contributed by atoms with E-state index in [1.807, 2.05) is 32.9 Å². The number of hydrogen-bond donors (Lipinski definition) is 0. The lowest BCUT2D eigenvalue weighted by atomic mass is 9.88. The molecule has 5 nitrogen and oxygen atoms in total. The van der Waals surface area contributed by atoms with Crippen molar-refractivity contribution >= 4 is 46.4 Å². The zero-order valence-electron chi connectivity index (χ0n) is 13.9. The number of carbonyl (C=O) groups is 1. The van der Waals surface area contributed by atoms with Crippen molar-refractivity contribution in [2.75, 3.05) is 0 Å². The van der Waals surface area contributed by atoms with Crippen LogP contribution in [0, 0.1) is 12.8 Å². The molecule has 0 unspecified atom stereocenters. The maximum absolute atomic E-state index is 12.8. The summed E-state index contributed by atoms with van der Waals surface area (Å²) in [4.78, 5) is 25.9. The Balaban J connectivity index is 2.02. The van der Waals surface area contributed by atoms with Crippen LogP contribution in [0.25, 0.3) is 5.78 Å². The van der Waals surface area contributed by atoms with Gasteiger partial charge >= 0.3 is 0 Å². The first-order chi connectivity index (χ1) is 11.8. The fraction of sp³-hybridized carbons (Fsp3) is 0.294. The average molecular weight is 395 g/mol. The minimum Gasteiger partial charge on any atom is -0.272 e. The minimum atomic E-state index is -0.362. The van der Waals surface area contributed by atoms with E-state index in [1.54, 1.807) is 22.0 Å². The minimum absolute atomic E-state index is 0.0865. The summed E-state index contributed by atoms with van der Waals surface area (Å²) in [5.74, 6) is -0.0816. The Labute approximate surface area is 159 Å². The number of nitrogens with zero attached hydrogens (tertiary/aromatic N) is 4. The van der Waals surface area contributed by atoms with Crippen LogP contribution in [0.5, 0.6) is 0 Å². The predicted octanol–water partition coefficient (Wildman–Crippen LogP) is 4.27. The molecule has 0 spiro atoms. The highest BCUT2D eigenvalue weighted by Crippen LogP contribution is 2.27. The van der Waals surface area contributed by atoms with Crippen molar-refractivity contribution in [1.82, 2.24) is 13.8 Å². The molecular formula is C17H16Cl2N4OS. The van der Waals surface area contributed by atoms with Gasteiger partial charge in [0.25, 0.3) is 5.91 Å². The number of amides is 1. The molecule has 0 N–H and O–H groups in total. The van der Waals surface area contributed by atoms with Gasteiger partial charge in [-0.1, -0.05) is 49.2 Å². The van der Waals surface area contributed by atoms with Crippen molar-refractivity contribution in [3.8, 4) is 0 Å². The molecular weight excluding hydrogens is 379 g/mol. The Bertz CT molecular complexity index is 992. The molecule has 0 saturated heterocycles. The van der Waals surface area contributed by atoms with Gasteiger partial charge in [0.15, 0.2) is 0 Å². The molecule has 0 saturated carbocycles. The SMILES string of the molecule is Cc1cc(Cl)n2sc(=NC(=O)[C@H](c3ccc(Cl)cc3)C(C)C)nc2n1. The Kier molecular flexibility index (Phi) is 5.22. The molecule has 0 aliphatic rings. The highest BCUT2D eigenvalue weighted by molar-refractivity contribution is 7.04. The van der Waals surface area contributed by atoms with Gasteiger partial charge in [-0.15, -0.1) is 0 Å². The van der Waals surface area contributed by atoms with Crippen molar-refractivity contribution in [3.63, 3.8) is 0 Å². The fourth-order valence-electron chi connectivity index (χ4n) is 2.60. The number of aryl methyl sites for hydroxylation is 1. The lowest BCUT2D eigenvalue weighted by Crippen LogP contribution is -2.19. The van der Waals surface area contributed by atoms with E-state index in [4.69, 9.17) is 23.2 Å². The third-order valence-electron chi connectivity index (χ3n) is 3.72. The van der Waals surface area contributed by atoms with Crippen LogP contribution in [0.4, 0.5) is 0 Å². The van der Waals surface area contributed by atoms with Crippen molar-refractivity contribution in [2.45, 2.75) is 26.7 Å². The normalized spacial score (nSPS) is 13.6. The third kappa shape index (κ3) is 3.92. The van der Waals surface area contributed by atoms with E-state index in [-0.39, 0.29) is 17.7 Å². The van der Waals surface area contributed by atoms with Crippen molar-refractivity contribution in [1.29, 1.82) is 0 Å². The van der Waals surface area contributed by atoms with E-state index in [0.29, 0.717) is 20.8 Å². The van der Waals surface area contributed by atoms with E-state index in [2.05, 4.69) is 15.0 Å². The van der Waals surface area contributed by atoms with Crippen LogP contribution in [0.3, 0.4) is 0 Å². The molecule has 2 aromatic heterocycles. The van der Waals surface area contributed by atoms with Gasteiger partial charge in [0, 0.05) is 10.7 Å². The summed E-state index contributed by atoms with van der Waals surface area (Å²) in [7, 11) is 0. The van der Waals surface area contributed by atoms with Crippen molar-refractivity contribution in [2.24, 2.45) is 10.9 Å². The number of carbonyl (C=O) groups excluding carboxylic acids is 1. The molecule has 0 aliphatic carbocycles. The lowest BCUT2D eigenvalue weighted by Gasteiger charge is -2.17. The van der Waals surface area contributed by atoms with Gasteiger partial charge in [0.2, 0.25) is 10.6 Å². The molecule has 0 fully saturated rings. The van der Waals surface area contributed by atoms with Crippen LogP contribution in [-0.4, -0.2) is 19.7 Å². The van der Waals surface area contributed by atoms with Gasteiger partial charge < -0.3 is 0 Å². The van der Waals surface area contributed by atoms with E-state index < -0.39 is 0 Å². The largest absolute Gasteiger partial charge is 0.272 e. The van der Waals surface area contributed by atoms with E-state index in [1.165, 1.54) is 11.5 Å². The monoisotopic (exact) mass is 394 g/mol. The zero-order chi connectivity index (χ0) is 18.1. The van der Waals surface area contributed by atoms with E-state index in [9.17, 15) is 4.79 Å². The summed E-state index contributed by atoms with van der Waals surface area (Å²) in [6.45, 7) is 5.81. The Morgan fingerprint density at radius 2 is 1.88 bits per heavy atom. The van der Waals surface area contributed by atoms with Crippen LogP contribution in [-0.2, 0) is 4.79 Å². The molecule has 0 bridgehead atoms. The van der Waals surface area contributed by atoms with Gasteiger partial charge in [-0.05, 0) is 48.1 Å². The summed E-state index contributed by atoms with van der Waals surface area (Å²) < 4.78 is 1.65. The van der Waals surface area contributed by atoms with Crippen molar-refractivity contribution in [3.05, 3.63) is 56.6 Å². The molecule has 2 heterocycles. The number of rotatable bonds is 3. The Morgan fingerprint density at radius 3 is 2.52 bits per heavy atom. The molecule has 25 heavy (non-hydrogen) atoms. The van der Waals surface area contributed by atoms with Gasteiger partial charge in [-0.3, -0.25) is 4.79 Å². The summed E-state index contributed by atoms with van der Waals surface area (Å²) >= 11 is 13.3. The number of halogens is 2. The van der Waals surface area contributed by atoms with E-state index in [0.717, 1.165) is 11.3 Å². The zero-order valence-corrected chi connectivity index (χ0v) is 16.2. The second-order valence-electron chi connectivity index (χ2n) is 6.02. The van der Waals surface area contributed by atoms with Gasteiger partial charge in [-0.2, -0.15) is 9.98 Å². The highest BCUT2D eigenvalue weighted by atomic mass is 35.5. The smallest absolute Gasteiger partial charge is 0.256 e. The topological polar surface area (TPSA) is 59.6 Å². The first kappa shape index (κ1) is 18.0. The first-order valence-corrected chi connectivity index (χ1v) is 9.25. The quantitative estimate of drug-likeness (QED) is 0.623. The average Bonchev–Trinajstić information content (AvgIpc) is 2.91. The molecule has 3 rings (SSSR count). The van der Waals surface area contributed by atoms with Crippen LogP contribution >= 0.6 is 34.7 Å². The van der Waals surface area contributed by atoms with E-state index >= 15 is 0 Å². The molecule has 1 atom stereocenters. The maximum atomic E-state index is 12.8. The Morgan fingerprint density at radius 1 is 1.20 bits per heavy atom. The molecule has 1 amide bonds. The second kappa shape index (κ2) is 7.23. The fourth-order valence-corrected chi connectivity index (χ4v) is 3.78. The standard InChI is InChI=1S/C17H16Cl2N4OS/c1-9(2)14(11-4-6-12(18)7-5-11)15(24)21-17-22-16-20-10(3)8-13(19)23(16)25-17/h4-9,14H,1-3H3/t14-/m0/s1. The lowest BCUT2D eigenvalue weighted by molar-refractivity contribution is -0.120. The van der Waals surface area contributed by atoms with Gasteiger partial charge in [0.1, 0.15) is 5.15 Å². The van der Waals surface area contributed by atoms with Gasteiger partial charge in [-0.25, -0.2) is 8.77 Å². The molecule has 3 aromatic rings. The highest BCUT2D eigenvalue weighted by Gasteiger charge is 2.24. The molecule has 8 heteroatoms. The van der Waals surface area contributed by atoms with Crippen LogP contribution in [0.1, 0.15) is 31.0 Å². The number of fused-ring (bicyclic) bond motifs is 1.